The van der Waals surface area contributed by atoms with Crippen LogP contribution in [-0.2, 0) is 6.54 Å². The fourth-order valence-corrected chi connectivity index (χ4v) is 2.89. The number of nitrogens with one attached hydrogen (secondary N) is 1. The van der Waals surface area contributed by atoms with E-state index in [1.54, 1.807) is 50.8 Å². The molecular weight excluding hydrogens is 384 g/mol. The Labute approximate surface area is 173 Å². The number of hydrogen-bond donors (Lipinski definition) is 1. The van der Waals surface area contributed by atoms with Crippen LogP contribution < -0.4 is 14.8 Å². The molecule has 2 aromatic carbocycles. The Morgan fingerprint density at radius 3 is 2.53 bits per heavy atom. The second kappa shape index (κ2) is 8.52. The molecule has 0 saturated carbocycles. The molecule has 0 radical (unpaired) electrons. The Morgan fingerprint density at radius 2 is 1.83 bits per heavy atom. The van der Waals surface area contributed by atoms with Crippen molar-refractivity contribution in [1.29, 1.82) is 0 Å². The van der Waals surface area contributed by atoms with Gasteiger partial charge in [0.2, 0.25) is 5.95 Å². The Morgan fingerprint density at radius 1 is 1.03 bits per heavy atom. The maximum Gasteiger partial charge on any atom is 0.281 e. The lowest BCUT2D eigenvalue weighted by molar-refractivity contribution is 0.0947. The second-order valence-electron chi connectivity index (χ2n) is 6.37. The zero-order valence-corrected chi connectivity index (χ0v) is 16.5. The predicted molar refractivity (Wildman–Crippen MR) is 111 cm³/mol. The highest BCUT2D eigenvalue weighted by atomic mass is 16.5. The zero-order valence-electron chi connectivity index (χ0n) is 16.5. The molecule has 30 heavy (non-hydrogen) atoms. The molecule has 152 valence electrons. The van der Waals surface area contributed by atoms with Crippen molar-refractivity contribution < 1.29 is 18.7 Å². The number of carbonyl (C=O) groups excluding carboxylic acids is 1. The number of furan rings is 1. The van der Waals surface area contributed by atoms with Crippen LogP contribution in [0.3, 0.4) is 0 Å². The van der Waals surface area contributed by atoms with Gasteiger partial charge in [0.1, 0.15) is 17.3 Å². The van der Waals surface area contributed by atoms with Crippen LogP contribution in [0.5, 0.6) is 11.5 Å². The molecule has 0 bridgehead atoms. The van der Waals surface area contributed by atoms with Crippen molar-refractivity contribution in [2.24, 2.45) is 0 Å². The first kappa shape index (κ1) is 19.3. The van der Waals surface area contributed by atoms with Crippen molar-refractivity contribution in [3.63, 3.8) is 0 Å². The van der Waals surface area contributed by atoms with E-state index in [2.05, 4.69) is 15.4 Å². The molecule has 0 aliphatic carbocycles. The Kier molecular flexibility index (Phi) is 5.47. The molecule has 2 heterocycles. The highest BCUT2D eigenvalue weighted by Crippen LogP contribution is 2.23. The molecule has 0 atom stereocenters. The maximum atomic E-state index is 13.2. The standard InChI is InChI=1S/C22H20N4O4/c1-28-17-10-8-15(9-11-17)20-24-22(23-14-19-7-4-12-30-19)26(25-20)21(27)16-5-3-6-18(13-16)29-2/h3-13H,14H2,1-2H3,(H,23,24,25). The molecule has 8 heteroatoms. The minimum atomic E-state index is -0.330. The Balaban J connectivity index is 1.70. The van der Waals surface area contributed by atoms with Gasteiger partial charge in [0, 0.05) is 11.1 Å². The summed E-state index contributed by atoms with van der Waals surface area (Å²) in [6.07, 6.45) is 1.59. The number of ether oxygens (including phenoxy) is 2. The number of anilines is 1. The quantitative estimate of drug-likeness (QED) is 0.500. The van der Waals surface area contributed by atoms with E-state index in [0.29, 0.717) is 35.4 Å². The fourth-order valence-electron chi connectivity index (χ4n) is 2.89. The molecule has 2 aromatic heterocycles. The number of hydrogen-bond acceptors (Lipinski definition) is 7. The summed E-state index contributed by atoms with van der Waals surface area (Å²) < 4.78 is 17.0. The first-order valence-corrected chi connectivity index (χ1v) is 9.24. The van der Waals surface area contributed by atoms with Gasteiger partial charge in [-0.3, -0.25) is 4.79 Å². The van der Waals surface area contributed by atoms with Gasteiger partial charge in [-0.15, -0.1) is 5.10 Å². The van der Waals surface area contributed by atoms with Gasteiger partial charge in [0.15, 0.2) is 5.82 Å². The van der Waals surface area contributed by atoms with E-state index in [9.17, 15) is 4.79 Å². The lowest BCUT2D eigenvalue weighted by Crippen LogP contribution is -2.17. The number of nitrogens with zero attached hydrogens (tertiary/aromatic N) is 3. The van der Waals surface area contributed by atoms with E-state index in [0.717, 1.165) is 11.3 Å². The molecule has 0 amide bonds. The second-order valence-corrected chi connectivity index (χ2v) is 6.37. The first-order valence-electron chi connectivity index (χ1n) is 9.24. The van der Waals surface area contributed by atoms with Gasteiger partial charge >= 0.3 is 0 Å². The molecular formula is C22H20N4O4. The third kappa shape index (κ3) is 4.02. The molecule has 0 unspecified atom stereocenters. The van der Waals surface area contributed by atoms with E-state index in [1.165, 1.54) is 4.68 Å². The topological polar surface area (TPSA) is 91.4 Å². The SMILES string of the molecule is COc1ccc(-c2nc(NCc3ccco3)n(C(=O)c3cccc(OC)c3)n2)cc1. The Hall–Kier alpha value is -4.07. The third-order valence-corrected chi connectivity index (χ3v) is 4.47. The summed E-state index contributed by atoms with van der Waals surface area (Å²) in [7, 11) is 3.16. The van der Waals surface area contributed by atoms with E-state index < -0.39 is 0 Å². The smallest absolute Gasteiger partial charge is 0.281 e. The number of methoxy groups -OCH3 is 2. The van der Waals surface area contributed by atoms with Crippen LogP contribution in [0.15, 0.2) is 71.3 Å². The van der Waals surface area contributed by atoms with Crippen LogP contribution in [0.1, 0.15) is 16.1 Å². The molecule has 0 spiro atoms. The van der Waals surface area contributed by atoms with E-state index >= 15 is 0 Å². The summed E-state index contributed by atoms with van der Waals surface area (Å²) >= 11 is 0. The van der Waals surface area contributed by atoms with Gasteiger partial charge < -0.3 is 19.2 Å². The van der Waals surface area contributed by atoms with E-state index in [-0.39, 0.29) is 5.91 Å². The fraction of sp³-hybridized carbons (Fsp3) is 0.136. The van der Waals surface area contributed by atoms with Crippen molar-refractivity contribution in [2.45, 2.75) is 6.54 Å². The minimum absolute atomic E-state index is 0.310. The van der Waals surface area contributed by atoms with Crippen molar-refractivity contribution in [1.82, 2.24) is 14.8 Å². The van der Waals surface area contributed by atoms with Gasteiger partial charge in [-0.2, -0.15) is 9.67 Å². The molecule has 4 rings (SSSR count). The van der Waals surface area contributed by atoms with Crippen LogP contribution in [0.2, 0.25) is 0 Å². The van der Waals surface area contributed by atoms with Crippen molar-refractivity contribution in [2.75, 3.05) is 19.5 Å². The summed E-state index contributed by atoms with van der Waals surface area (Å²) in [5.74, 6) is 2.41. The largest absolute Gasteiger partial charge is 0.497 e. The molecule has 0 aliphatic rings. The van der Waals surface area contributed by atoms with Gasteiger partial charge in [0.05, 0.1) is 27.0 Å². The molecule has 4 aromatic rings. The first-order chi connectivity index (χ1) is 14.7. The van der Waals surface area contributed by atoms with Gasteiger partial charge in [-0.25, -0.2) is 0 Å². The van der Waals surface area contributed by atoms with E-state index in [1.807, 2.05) is 30.3 Å². The lowest BCUT2D eigenvalue weighted by Gasteiger charge is -2.07. The molecule has 0 saturated heterocycles. The minimum Gasteiger partial charge on any atom is -0.497 e. The summed E-state index contributed by atoms with van der Waals surface area (Å²) in [4.78, 5) is 17.7. The molecule has 8 nitrogen and oxygen atoms in total. The monoisotopic (exact) mass is 404 g/mol. The highest BCUT2D eigenvalue weighted by molar-refractivity contribution is 5.97. The van der Waals surface area contributed by atoms with Crippen molar-refractivity contribution in [3.05, 3.63) is 78.3 Å². The van der Waals surface area contributed by atoms with Crippen LogP contribution >= 0.6 is 0 Å². The van der Waals surface area contributed by atoms with Crippen LogP contribution in [0.25, 0.3) is 11.4 Å². The molecule has 0 fully saturated rings. The highest BCUT2D eigenvalue weighted by Gasteiger charge is 2.19. The summed E-state index contributed by atoms with van der Waals surface area (Å²) in [5, 5.41) is 7.58. The van der Waals surface area contributed by atoms with Crippen molar-refractivity contribution >= 4 is 11.9 Å². The number of aromatic nitrogens is 3. The van der Waals surface area contributed by atoms with Gasteiger partial charge in [0.25, 0.3) is 5.91 Å². The number of rotatable bonds is 7. The van der Waals surface area contributed by atoms with Gasteiger partial charge in [-0.1, -0.05) is 6.07 Å². The molecule has 0 aliphatic heterocycles. The van der Waals surface area contributed by atoms with Gasteiger partial charge in [-0.05, 0) is 54.6 Å². The summed E-state index contributed by atoms with van der Waals surface area (Å²) in [6.45, 7) is 0.360. The summed E-state index contributed by atoms with van der Waals surface area (Å²) in [6, 6.07) is 17.8. The van der Waals surface area contributed by atoms with Crippen LogP contribution in [-0.4, -0.2) is 34.9 Å². The summed E-state index contributed by atoms with van der Waals surface area (Å²) in [5.41, 5.74) is 1.19. The number of carbonyl (C=O) groups is 1. The average molecular weight is 404 g/mol. The van der Waals surface area contributed by atoms with Crippen LogP contribution in [0.4, 0.5) is 5.95 Å². The van der Waals surface area contributed by atoms with Crippen molar-refractivity contribution in [3.8, 4) is 22.9 Å². The predicted octanol–water partition coefficient (Wildman–Crippen LogP) is 3.86. The number of benzene rings is 2. The average Bonchev–Trinajstić information content (AvgIpc) is 3.47. The van der Waals surface area contributed by atoms with E-state index in [4.69, 9.17) is 13.9 Å². The third-order valence-electron chi connectivity index (χ3n) is 4.47. The maximum absolute atomic E-state index is 13.2. The Bertz CT molecular complexity index is 1130. The lowest BCUT2D eigenvalue weighted by atomic mass is 10.2. The molecule has 1 N–H and O–H groups in total. The normalized spacial score (nSPS) is 10.6. The van der Waals surface area contributed by atoms with Crippen LogP contribution in [0, 0.1) is 0 Å². The zero-order chi connectivity index (χ0) is 20.9.